The normalized spacial score (nSPS) is 20.3. The van der Waals surface area contributed by atoms with Gasteiger partial charge >= 0.3 is 0 Å². The Kier molecular flexibility index (Phi) is 6.09. The summed E-state index contributed by atoms with van der Waals surface area (Å²) in [6, 6.07) is 0.434. The summed E-state index contributed by atoms with van der Waals surface area (Å²) in [5.74, 6) is 0.943. The molecule has 106 valence electrons. The van der Waals surface area contributed by atoms with Crippen molar-refractivity contribution >= 4 is 5.91 Å². The van der Waals surface area contributed by atoms with Crippen LogP contribution >= 0.6 is 0 Å². The van der Waals surface area contributed by atoms with Gasteiger partial charge in [-0.05, 0) is 33.2 Å². The summed E-state index contributed by atoms with van der Waals surface area (Å²) in [6.45, 7) is 12.2. The Morgan fingerprint density at radius 1 is 1.22 bits per heavy atom. The van der Waals surface area contributed by atoms with E-state index < -0.39 is 0 Å². The SMILES string of the molecule is CC(C)CC(C)N(C)C(C)C(=O)N1CCNCC1. The molecule has 0 bridgehead atoms. The fraction of sp³-hybridized carbons (Fsp3) is 0.929. The molecule has 1 heterocycles. The van der Waals surface area contributed by atoms with Gasteiger partial charge in [-0.1, -0.05) is 13.8 Å². The second-order valence-electron chi connectivity index (χ2n) is 5.90. The van der Waals surface area contributed by atoms with E-state index >= 15 is 0 Å². The highest BCUT2D eigenvalue weighted by Crippen LogP contribution is 2.13. The lowest BCUT2D eigenvalue weighted by Crippen LogP contribution is -2.53. The van der Waals surface area contributed by atoms with Crippen molar-refractivity contribution in [2.75, 3.05) is 33.2 Å². The lowest BCUT2D eigenvalue weighted by atomic mass is 10.0. The van der Waals surface area contributed by atoms with E-state index in [2.05, 4.69) is 38.0 Å². The standard InChI is InChI=1S/C14H29N3O/c1-11(2)10-12(3)16(5)13(4)14(18)17-8-6-15-7-9-17/h11-13,15H,6-10H2,1-5H3. The molecule has 0 aromatic carbocycles. The Hall–Kier alpha value is -0.610. The quantitative estimate of drug-likeness (QED) is 0.801. The van der Waals surface area contributed by atoms with Crippen molar-refractivity contribution in [2.24, 2.45) is 5.92 Å². The van der Waals surface area contributed by atoms with Crippen LogP contribution in [-0.2, 0) is 4.79 Å². The fourth-order valence-corrected chi connectivity index (χ4v) is 2.55. The molecule has 1 aliphatic rings. The van der Waals surface area contributed by atoms with Crippen molar-refractivity contribution in [3.8, 4) is 0 Å². The molecule has 1 amide bonds. The number of nitrogens with zero attached hydrogens (tertiary/aromatic N) is 2. The summed E-state index contributed by atoms with van der Waals surface area (Å²) in [5, 5.41) is 3.28. The molecule has 1 rings (SSSR count). The Bertz CT molecular complexity index is 262. The third-order valence-electron chi connectivity index (χ3n) is 3.90. The summed E-state index contributed by atoms with van der Waals surface area (Å²) in [5.41, 5.74) is 0. The summed E-state index contributed by atoms with van der Waals surface area (Å²) in [6.07, 6.45) is 1.13. The van der Waals surface area contributed by atoms with E-state index in [1.165, 1.54) is 0 Å². The topological polar surface area (TPSA) is 35.6 Å². The van der Waals surface area contributed by atoms with Gasteiger partial charge in [0, 0.05) is 32.2 Å². The van der Waals surface area contributed by atoms with Gasteiger partial charge in [-0.3, -0.25) is 9.69 Å². The van der Waals surface area contributed by atoms with Crippen LogP contribution in [0.2, 0.25) is 0 Å². The predicted octanol–water partition coefficient (Wildman–Crippen LogP) is 1.17. The molecule has 0 aromatic rings. The van der Waals surface area contributed by atoms with E-state index in [1.807, 2.05) is 11.8 Å². The Morgan fingerprint density at radius 3 is 2.28 bits per heavy atom. The average Bonchev–Trinajstić information content (AvgIpc) is 2.36. The fourth-order valence-electron chi connectivity index (χ4n) is 2.55. The number of likely N-dealkylation sites (N-methyl/N-ethyl adjacent to an activating group) is 1. The van der Waals surface area contributed by atoms with Gasteiger partial charge in [0.05, 0.1) is 6.04 Å². The van der Waals surface area contributed by atoms with Crippen molar-refractivity contribution in [1.82, 2.24) is 15.1 Å². The molecule has 1 saturated heterocycles. The highest BCUT2D eigenvalue weighted by molar-refractivity contribution is 5.81. The number of rotatable bonds is 5. The molecule has 2 unspecified atom stereocenters. The van der Waals surface area contributed by atoms with Crippen molar-refractivity contribution < 1.29 is 4.79 Å². The minimum atomic E-state index is -0.0168. The number of nitrogens with one attached hydrogen (secondary N) is 1. The first-order valence-corrected chi connectivity index (χ1v) is 7.15. The third-order valence-corrected chi connectivity index (χ3v) is 3.90. The molecule has 18 heavy (non-hydrogen) atoms. The number of hydrogen-bond donors (Lipinski definition) is 1. The molecule has 4 heteroatoms. The molecule has 0 spiro atoms. The van der Waals surface area contributed by atoms with Crippen LogP contribution in [0.25, 0.3) is 0 Å². The maximum atomic E-state index is 12.4. The van der Waals surface area contributed by atoms with Crippen LogP contribution in [0.3, 0.4) is 0 Å². The number of hydrogen-bond acceptors (Lipinski definition) is 3. The number of carbonyl (C=O) groups excluding carboxylic acids is 1. The first kappa shape index (κ1) is 15.4. The molecule has 0 aromatic heterocycles. The molecule has 0 saturated carbocycles. The lowest BCUT2D eigenvalue weighted by molar-refractivity contribution is -0.137. The van der Waals surface area contributed by atoms with Crippen LogP contribution in [0.5, 0.6) is 0 Å². The van der Waals surface area contributed by atoms with Gasteiger partial charge < -0.3 is 10.2 Å². The minimum absolute atomic E-state index is 0.0168. The van der Waals surface area contributed by atoms with Crippen molar-refractivity contribution in [2.45, 2.75) is 46.2 Å². The van der Waals surface area contributed by atoms with Crippen LogP contribution in [-0.4, -0.2) is 61.0 Å². The number of piperazine rings is 1. The zero-order valence-corrected chi connectivity index (χ0v) is 12.6. The Morgan fingerprint density at radius 2 is 1.78 bits per heavy atom. The highest BCUT2D eigenvalue weighted by atomic mass is 16.2. The average molecular weight is 255 g/mol. The minimum Gasteiger partial charge on any atom is -0.339 e. The highest BCUT2D eigenvalue weighted by Gasteiger charge is 2.27. The van der Waals surface area contributed by atoms with E-state index in [4.69, 9.17) is 0 Å². The van der Waals surface area contributed by atoms with E-state index in [-0.39, 0.29) is 11.9 Å². The molecule has 1 N–H and O–H groups in total. The van der Waals surface area contributed by atoms with Crippen LogP contribution in [0, 0.1) is 5.92 Å². The number of carbonyl (C=O) groups is 1. The zero-order valence-electron chi connectivity index (χ0n) is 12.6. The smallest absolute Gasteiger partial charge is 0.239 e. The van der Waals surface area contributed by atoms with Crippen LogP contribution in [0.15, 0.2) is 0 Å². The lowest BCUT2D eigenvalue weighted by Gasteiger charge is -2.36. The Labute approximate surface area is 112 Å². The van der Waals surface area contributed by atoms with Gasteiger partial charge in [-0.25, -0.2) is 0 Å². The molecular weight excluding hydrogens is 226 g/mol. The van der Waals surface area contributed by atoms with E-state index in [0.717, 1.165) is 32.6 Å². The largest absolute Gasteiger partial charge is 0.339 e. The second kappa shape index (κ2) is 7.10. The van der Waals surface area contributed by atoms with Gasteiger partial charge in [0.1, 0.15) is 0 Å². The maximum Gasteiger partial charge on any atom is 0.239 e. The monoisotopic (exact) mass is 255 g/mol. The van der Waals surface area contributed by atoms with Gasteiger partial charge in [-0.2, -0.15) is 0 Å². The van der Waals surface area contributed by atoms with Gasteiger partial charge in [0.2, 0.25) is 5.91 Å². The first-order chi connectivity index (χ1) is 8.43. The third kappa shape index (κ3) is 4.25. The molecule has 1 fully saturated rings. The first-order valence-electron chi connectivity index (χ1n) is 7.15. The molecular formula is C14H29N3O. The molecule has 0 aliphatic carbocycles. The van der Waals surface area contributed by atoms with Crippen molar-refractivity contribution in [3.05, 3.63) is 0 Å². The summed E-state index contributed by atoms with van der Waals surface area (Å²) >= 11 is 0. The summed E-state index contributed by atoms with van der Waals surface area (Å²) in [7, 11) is 2.07. The van der Waals surface area contributed by atoms with Gasteiger partial charge in [0.25, 0.3) is 0 Å². The zero-order chi connectivity index (χ0) is 13.7. The van der Waals surface area contributed by atoms with E-state index in [0.29, 0.717) is 12.0 Å². The second-order valence-corrected chi connectivity index (χ2v) is 5.90. The van der Waals surface area contributed by atoms with Gasteiger partial charge in [-0.15, -0.1) is 0 Å². The van der Waals surface area contributed by atoms with Crippen LogP contribution in [0.4, 0.5) is 0 Å². The van der Waals surface area contributed by atoms with Crippen molar-refractivity contribution in [1.29, 1.82) is 0 Å². The van der Waals surface area contributed by atoms with E-state index in [9.17, 15) is 4.79 Å². The van der Waals surface area contributed by atoms with Gasteiger partial charge in [0.15, 0.2) is 0 Å². The van der Waals surface area contributed by atoms with Crippen molar-refractivity contribution in [3.63, 3.8) is 0 Å². The summed E-state index contributed by atoms with van der Waals surface area (Å²) < 4.78 is 0. The maximum absolute atomic E-state index is 12.4. The molecule has 1 aliphatic heterocycles. The molecule has 2 atom stereocenters. The predicted molar refractivity (Wildman–Crippen MR) is 75.6 cm³/mol. The Balaban J connectivity index is 2.50. The molecule has 4 nitrogen and oxygen atoms in total. The van der Waals surface area contributed by atoms with Crippen LogP contribution in [0.1, 0.15) is 34.1 Å². The van der Waals surface area contributed by atoms with E-state index in [1.54, 1.807) is 0 Å². The number of amides is 1. The summed E-state index contributed by atoms with van der Waals surface area (Å²) in [4.78, 5) is 16.6. The molecule has 0 radical (unpaired) electrons. The van der Waals surface area contributed by atoms with Crippen LogP contribution < -0.4 is 5.32 Å².